The molecule has 1 heterocycles. The van der Waals surface area contributed by atoms with Crippen molar-refractivity contribution in [3.8, 4) is 0 Å². The molecule has 0 bridgehead atoms. The Bertz CT molecular complexity index is 396. The minimum absolute atomic E-state index is 0.352. The number of amides is 1. The average Bonchev–Trinajstić information content (AvgIpc) is 2.33. The van der Waals surface area contributed by atoms with Crippen LogP contribution < -0.4 is 5.32 Å². The molecule has 5 heteroatoms. The van der Waals surface area contributed by atoms with Gasteiger partial charge in [0.05, 0.1) is 12.1 Å². The van der Waals surface area contributed by atoms with Gasteiger partial charge in [0, 0.05) is 19.6 Å². The van der Waals surface area contributed by atoms with Crippen molar-refractivity contribution in [1.82, 2.24) is 10.2 Å². The van der Waals surface area contributed by atoms with Crippen LogP contribution in [-0.4, -0.2) is 46.4 Å². The monoisotopic (exact) mass is 250 g/mol. The number of likely N-dealkylation sites (tertiary alicyclic amines) is 1. The highest BCUT2D eigenvalue weighted by Crippen LogP contribution is 2.14. The minimum atomic E-state index is -1.07. The van der Waals surface area contributed by atoms with Crippen LogP contribution in [0.15, 0.2) is 30.3 Å². The number of rotatable bonds is 3. The van der Waals surface area contributed by atoms with Gasteiger partial charge in [-0.2, -0.15) is 0 Å². The first-order chi connectivity index (χ1) is 8.65. The Morgan fingerprint density at radius 1 is 1.39 bits per heavy atom. The lowest BCUT2D eigenvalue weighted by Gasteiger charge is -2.35. The third-order valence-corrected chi connectivity index (χ3v) is 3.22. The molecular weight excluding hydrogens is 232 g/mol. The second-order valence-electron chi connectivity index (χ2n) is 4.63. The van der Waals surface area contributed by atoms with Crippen molar-refractivity contribution in [3.63, 3.8) is 0 Å². The second-order valence-corrected chi connectivity index (χ2v) is 4.63. The predicted molar refractivity (Wildman–Crippen MR) is 67.3 cm³/mol. The molecule has 1 aromatic rings. The summed E-state index contributed by atoms with van der Waals surface area (Å²) in [5, 5.41) is 20.9. The summed E-state index contributed by atoms with van der Waals surface area (Å²) in [4.78, 5) is 12.7. The summed E-state index contributed by atoms with van der Waals surface area (Å²) in [5.41, 5.74) is 1.20. The second kappa shape index (κ2) is 5.84. The Kier molecular flexibility index (Phi) is 4.17. The number of carboxylic acid groups (broad SMARTS) is 1. The summed E-state index contributed by atoms with van der Waals surface area (Å²) in [6, 6.07) is 9.70. The molecule has 2 atom stereocenters. The van der Waals surface area contributed by atoms with Crippen LogP contribution in [-0.2, 0) is 6.54 Å². The quantitative estimate of drug-likeness (QED) is 0.745. The van der Waals surface area contributed by atoms with E-state index in [0.717, 1.165) is 13.1 Å². The zero-order valence-corrected chi connectivity index (χ0v) is 10.1. The summed E-state index contributed by atoms with van der Waals surface area (Å²) in [7, 11) is 0. The fraction of sp³-hybridized carbons (Fsp3) is 0.462. The molecule has 98 valence electrons. The average molecular weight is 250 g/mol. The lowest BCUT2D eigenvalue weighted by atomic mass is 10.0. The van der Waals surface area contributed by atoms with E-state index in [2.05, 4.69) is 10.2 Å². The molecule has 18 heavy (non-hydrogen) atoms. The van der Waals surface area contributed by atoms with Crippen LogP contribution >= 0.6 is 0 Å². The number of piperidine rings is 1. The van der Waals surface area contributed by atoms with Gasteiger partial charge in [0.15, 0.2) is 0 Å². The SMILES string of the molecule is O=C(O)N[C@@H]1CCN(Cc2ccccc2)C[C@@H]1O. The van der Waals surface area contributed by atoms with E-state index < -0.39 is 12.2 Å². The molecule has 3 N–H and O–H groups in total. The van der Waals surface area contributed by atoms with Gasteiger partial charge in [0.1, 0.15) is 0 Å². The predicted octanol–water partition coefficient (Wildman–Crippen LogP) is 0.889. The van der Waals surface area contributed by atoms with E-state index in [4.69, 9.17) is 5.11 Å². The Morgan fingerprint density at radius 3 is 2.72 bits per heavy atom. The molecule has 1 fully saturated rings. The van der Waals surface area contributed by atoms with Crippen LogP contribution in [0.5, 0.6) is 0 Å². The Morgan fingerprint density at radius 2 is 2.11 bits per heavy atom. The first-order valence-electron chi connectivity index (χ1n) is 6.09. The van der Waals surface area contributed by atoms with Gasteiger partial charge in [-0.1, -0.05) is 30.3 Å². The van der Waals surface area contributed by atoms with E-state index >= 15 is 0 Å². The zero-order chi connectivity index (χ0) is 13.0. The summed E-state index contributed by atoms with van der Waals surface area (Å²) in [5.74, 6) is 0. The van der Waals surface area contributed by atoms with E-state index in [9.17, 15) is 9.90 Å². The molecule has 0 aliphatic carbocycles. The molecule has 1 aromatic carbocycles. The van der Waals surface area contributed by atoms with Gasteiger partial charge in [-0.3, -0.25) is 4.90 Å². The van der Waals surface area contributed by atoms with E-state index in [1.165, 1.54) is 5.56 Å². The van der Waals surface area contributed by atoms with Crippen molar-refractivity contribution in [3.05, 3.63) is 35.9 Å². The van der Waals surface area contributed by atoms with E-state index in [1.54, 1.807) is 0 Å². The third kappa shape index (κ3) is 3.45. The maximum atomic E-state index is 10.5. The van der Waals surface area contributed by atoms with Gasteiger partial charge in [-0.15, -0.1) is 0 Å². The molecule has 2 rings (SSSR count). The summed E-state index contributed by atoms with van der Waals surface area (Å²) < 4.78 is 0. The normalized spacial score (nSPS) is 24.7. The maximum Gasteiger partial charge on any atom is 0.404 e. The van der Waals surface area contributed by atoms with Crippen LogP contribution in [0.3, 0.4) is 0 Å². The third-order valence-electron chi connectivity index (χ3n) is 3.22. The Balaban J connectivity index is 1.86. The maximum absolute atomic E-state index is 10.5. The molecule has 1 amide bonds. The molecule has 0 aromatic heterocycles. The Hall–Kier alpha value is -1.59. The lowest BCUT2D eigenvalue weighted by Crippen LogP contribution is -2.53. The van der Waals surface area contributed by atoms with Gasteiger partial charge >= 0.3 is 6.09 Å². The largest absolute Gasteiger partial charge is 0.465 e. The standard InChI is InChI=1S/C13H18N2O3/c16-12-9-15(7-6-11(12)14-13(17)18)8-10-4-2-1-3-5-10/h1-5,11-12,14,16H,6-9H2,(H,17,18)/t11-,12+/m1/s1. The fourth-order valence-corrected chi connectivity index (χ4v) is 2.31. The summed E-state index contributed by atoms with van der Waals surface area (Å²) in [6.45, 7) is 2.08. The van der Waals surface area contributed by atoms with Crippen molar-refractivity contribution in [1.29, 1.82) is 0 Å². The van der Waals surface area contributed by atoms with Crippen molar-refractivity contribution in [2.24, 2.45) is 0 Å². The summed E-state index contributed by atoms with van der Waals surface area (Å²) >= 11 is 0. The molecule has 1 aliphatic heterocycles. The van der Waals surface area contributed by atoms with Crippen LogP contribution in [0, 0.1) is 0 Å². The van der Waals surface area contributed by atoms with Crippen LogP contribution in [0.2, 0.25) is 0 Å². The lowest BCUT2D eigenvalue weighted by molar-refractivity contribution is 0.0374. The van der Waals surface area contributed by atoms with Gasteiger partial charge < -0.3 is 15.5 Å². The molecule has 1 aliphatic rings. The topological polar surface area (TPSA) is 72.8 Å². The number of aliphatic hydroxyl groups excluding tert-OH is 1. The number of nitrogens with one attached hydrogen (secondary N) is 1. The number of carbonyl (C=O) groups is 1. The van der Waals surface area contributed by atoms with Gasteiger partial charge in [-0.05, 0) is 12.0 Å². The molecule has 0 unspecified atom stereocenters. The van der Waals surface area contributed by atoms with Crippen molar-refractivity contribution in [2.45, 2.75) is 25.1 Å². The highest BCUT2D eigenvalue weighted by atomic mass is 16.4. The molecule has 0 radical (unpaired) electrons. The smallest absolute Gasteiger partial charge is 0.404 e. The highest BCUT2D eigenvalue weighted by Gasteiger charge is 2.28. The number of nitrogens with zero attached hydrogens (tertiary/aromatic N) is 1. The number of hydrogen-bond acceptors (Lipinski definition) is 3. The molecule has 0 spiro atoms. The van der Waals surface area contributed by atoms with E-state index in [0.29, 0.717) is 13.0 Å². The van der Waals surface area contributed by atoms with Gasteiger partial charge in [0.25, 0.3) is 0 Å². The van der Waals surface area contributed by atoms with Crippen molar-refractivity contribution >= 4 is 6.09 Å². The highest BCUT2D eigenvalue weighted by molar-refractivity contribution is 5.64. The fourth-order valence-electron chi connectivity index (χ4n) is 2.31. The van der Waals surface area contributed by atoms with Gasteiger partial charge in [-0.25, -0.2) is 4.79 Å². The first-order valence-corrected chi connectivity index (χ1v) is 6.09. The van der Waals surface area contributed by atoms with Gasteiger partial charge in [0.2, 0.25) is 0 Å². The number of hydrogen-bond donors (Lipinski definition) is 3. The van der Waals surface area contributed by atoms with Crippen LogP contribution in [0.25, 0.3) is 0 Å². The number of β-amino-alcohol motifs (C(OH)–C–C–N with tert-alkyl or cyclic N) is 1. The number of benzene rings is 1. The molecular formula is C13H18N2O3. The minimum Gasteiger partial charge on any atom is -0.465 e. The number of aliphatic hydroxyl groups is 1. The first kappa shape index (κ1) is 12.9. The van der Waals surface area contributed by atoms with Crippen LogP contribution in [0.4, 0.5) is 4.79 Å². The van der Waals surface area contributed by atoms with E-state index in [1.807, 2.05) is 30.3 Å². The van der Waals surface area contributed by atoms with E-state index in [-0.39, 0.29) is 6.04 Å². The molecule has 1 saturated heterocycles. The van der Waals surface area contributed by atoms with Crippen molar-refractivity contribution in [2.75, 3.05) is 13.1 Å². The molecule has 0 saturated carbocycles. The molecule has 5 nitrogen and oxygen atoms in total. The van der Waals surface area contributed by atoms with Crippen molar-refractivity contribution < 1.29 is 15.0 Å². The summed E-state index contributed by atoms with van der Waals surface area (Å²) in [6.07, 6.45) is -1.07. The Labute approximate surface area is 106 Å². The van der Waals surface area contributed by atoms with Crippen LogP contribution in [0.1, 0.15) is 12.0 Å². The zero-order valence-electron chi connectivity index (χ0n) is 10.1.